The zero-order valence-electron chi connectivity index (χ0n) is 11.4. The van der Waals surface area contributed by atoms with Crippen LogP contribution in [0.3, 0.4) is 0 Å². The van der Waals surface area contributed by atoms with Crippen molar-refractivity contribution in [3.63, 3.8) is 0 Å². The van der Waals surface area contributed by atoms with Gasteiger partial charge in [0.25, 0.3) is 0 Å². The molecule has 20 heavy (non-hydrogen) atoms. The second-order valence-electron chi connectivity index (χ2n) is 4.51. The van der Waals surface area contributed by atoms with Gasteiger partial charge < -0.3 is 10.6 Å². The molecule has 0 bridgehead atoms. The Kier molecular flexibility index (Phi) is 4.90. The molecule has 1 aliphatic heterocycles. The third-order valence-corrected chi connectivity index (χ3v) is 6.69. The van der Waals surface area contributed by atoms with Gasteiger partial charge in [-0.05, 0) is 18.4 Å². The fraction of sp³-hybridized carbons (Fsp3) is 0.538. The third-order valence-electron chi connectivity index (χ3n) is 3.04. The average molecular weight is 327 g/mol. The van der Waals surface area contributed by atoms with E-state index in [9.17, 15) is 0 Å². The number of aromatic nitrogens is 2. The van der Waals surface area contributed by atoms with Gasteiger partial charge in [0, 0.05) is 35.6 Å². The number of anilines is 2. The molecule has 0 radical (unpaired) electrons. The van der Waals surface area contributed by atoms with Crippen molar-refractivity contribution >= 4 is 56.8 Å². The summed E-state index contributed by atoms with van der Waals surface area (Å²) in [6.45, 7) is 3.88. The summed E-state index contributed by atoms with van der Waals surface area (Å²) in [5.41, 5.74) is 0. The minimum atomic E-state index is 0.681. The maximum atomic E-state index is 4.60. The van der Waals surface area contributed by atoms with E-state index in [2.05, 4.69) is 62.5 Å². The summed E-state index contributed by atoms with van der Waals surface area (Å²) in [4.78, 5) is 10.2. The van der Waals surface area contributed by atoms with E-state index in [0.29, 0.717) is 5.25 Å². The van der Waals surface area contributed by atoms with Crippen molar-refractivity contribution in [3.8, 4) is 0 Å². The van der Waals surface area contributed by atoms with Crippen molar-refractivity contribution in [2.75, 3.05) is 41.0 Å². The molecule has 4 nitrogen and oxygen atoms in total. The minimum Gasteiger partial charge on any atom is -0.368 e. The van der Waals surface area contributed by atoms with Crippen LogP contribution in [0, 0.1) is 0 Å². The molecular formula is C13H18N4S3. The number of nitrogens with zero attached hydrogens (tertiary/aromatic N) is 2. The number of hydrogen-bond acceptors (Lipinski definition) is 7. The molecule has 108 valence electrons. The van der Waals surface area contributed by atoms with Crippen LogP contribution in [-0.2, 0) is 0 Å². The Hall–Kier alpha value is -0.660. The fourth-order valence-electron chi connectivity index (χ4n) is 2.09. The monoisotopic (exact) mass is 326 g/mol. The number of thiophene rings is 1. The Bertz CT molecular complexity index is 566. The number of rotatable bonds is 5. The van der Waals surface area contributed by atoms with Gasteiger partial charge in [0.1, 0.15) is 10.6 Å². The van der Waals surface area contributed by atoms with Crippen molar-refractivity contribution in [1.82, 2.24) is 9.97 Å². The molecule has 1 aliphatic rings. The highest BCUT2D eigenvalue weighted by Gasteiger charge is 2.15. The van der Waals surface area contributed by atoms with E-state index >= 15 is 0 Å². The quantitative estimate of drug-likeness (QED) is 0.878. The standard InChI is InChI=1S/C13H18N4S3/c1-2-14-13-16-11(10-3-4-20-12(10)17-13)15-7-9-8-18-5-6-19-9/h3-4,9H,2,5-8H2,1H3,(H2,14,15,16,17). The highest BCUT2D eigenvalue weighted by molar-refractivity contribution is 8.06. The zero-order valence-corrected chi connectivity index (χ0v) is 13.8. The lowest BCUT2D eigenvalue weighted by Gasteiger charge is -2.21. The molecule has 1 fully saturated rings. The van der Waals surface area contributed by atoms with Gasteiger partial charge in [-0.1, -0.05) is 0 Å². The molecule has 0 saturated carbocycles. The van der Waals surface area contributed by atoms with Crippen LogP contribution < -0.4 is 10.6 Å². The van der Waals surface area contributed by atoms with Crippen molar-refractivity contribution in [2.24, 2.45) is 0 Å². The molecule has 1 atom stereocenters. The lowest BCUT2D eigenvalue weighted by atomic mass is 10.3. The molecule has 2 N–H and O–H groups in total. The first-order chi connectivity index (χ1) is 9.86. The zero-order chi connectivity index (χ0) is 13.8. The Balaban J connectivity index is 1.76. The summed E-state index contributed by atoms with van der Waals surface area (Å²) in [5, 5.41) is 10.6. The van der Waals surface area contributed by atoms with Crippen LogP contribution in [0.1, 0.15) is 6.92 Å². The van der Waals surface area contributed by atoms with E-state index in [1.165, 1.54) is 17.3 Å². The Morgan fingerprint density at radius 3 is 3.05 bits per heavy atom. The van der Waals surface area contributed by atoms with Crippen LogP contribution in [0.4, 0.5) is 11.8 Å². The van der Waals surface area contributed by atoms with Gasteiger partial charge in [-0.2, -0.15) is 28.5 Å². The SMILES string of the molecule is CCNc1nc(NCC2CSCCS2)c2ccsc2n1. The molecule has 7 heteroatoms. The van der Waals surface area contributed by atoms with Crippen LogP contribution in [0.25, 0.3) is 10.2 Å². The lowest BCUT2D eigenvalue weighted by Crippen LogP contribution is -2.23. The summed E-state index contributed by atoms with van der Waals surface area (Å²) >= 11 is 5.78. The van der Waals surface area contributed by atoms with Crippen LogP contribution in [-0.4, -0.2) is 45.6 Å². The number of thioether (sulfide) groups is 2. The minimum absolute atomic E-state index is 0.681. The smallest absolute Gasteiger partial charge is 0.226 e. The predicted octanol–water partition coefficient (Wildman–Crippen LogP) is 3.38. The summed E-state index contributed by atoms with van der Waals surface area (Å²) in [5.74, 6) is 5.46. The van der Waals surface area contributed by atoms with Gasteiger partial charge >= 0.3 is 0 Å². The topological polar surface area (TPSA) is 49.8 Å². The number of fused-ring (bicyclic) bond motifs is 1. The molecule has 1 saturated heterocycles. The Morgan fingerprint density at radius 1 is 1.30 bits per heavy atom. The summed E-state index contributed by atoms with van der Waals surface area (Å²) in [6.07, 6.45) is 0. The second-order valence-corrected chi connectivity index (χ2v) is 7.97. The van der Waals surface area contributed by atoms with Gasteiger partial charge in [-0.3, -0.25) is 0 Å². The third kappa shape index (κ3) is 3.32. The van der Waals surface area contributed by atoms with Crippen LogP contribution in [0.5, 0.6) is 0 Å². The molecule has 0 amide bonds. The van der Waals surface area contributed by atoms with Gasteiger partial charge in [0.2, 0.25) is 5.95 Å². The van der Waals surface area contributed by atoms with Crippen molar-refractivity contribution in [2.45, 2.75) is 12.2 Å². The van der Waals surface area contributed by atoms with Gasteiger partial charge in [0.15, 0.2) is 0 Å². The molecule has 0 aromatic carbocycles. The first kappa shape index (κ1) is 14.3. The molecule has 0 spiro atoms. The molecule has 3 heterocycles. The van der Waals surface area contributed by atoms with Gasteiger partial charge in [-0.25, -0.2) is 4.98 Å². The van der Waals surface area contributed by atoms with E-state index in [4.69, 9.17) is 0 Å². The maximum Gasteiger partial charge on any atom is 0.226 e. The molecule has 2 aromatic rings. The summed E-state index contributed by atoms with van der Waals surface area (Å²) < 4.78 is 0. The van der Waals surface area contributed by atoms with E-state index in [1.807, 2.05) is 0 Å². The lowest BCUT2D eigenvalue weighted by molar-refractivity contribution is 0.991. The van der Waals surface area contributed by atoms with E-state index in [0.717, 1.165) is 35.1 Å². The second kappa shape index (κ2) is 6.87. The van der Waals surface area contributed by atoms with Crippen LogP contribution in [0.15, 0.2) is 11.4 Å². The Morgan fingerprint density at radius 2 is 2.25 bits per heavy atom. The summed E-state index contributed by atoms with van der Waals surface area (Å²) in [7, 11) is 0. The maximum absolute atomic E-state index is 4.60. The highest BCUT2D eigenvalue weighted by Crippen LogP contribution is 2.28. The number of hydrogen-bond donors (Lipinski definition) is 2. The predicted molar refractivity (Wildman–Crippen MR) is 93.6 cm³/mol. The van der Waals surface area contributed by atoms with Gasteiger partial charge in [0.05, 0.1) is 5.39 Å². The van der Waals surface area contributed by atoms with E-state index in [-0.39, 0.29) is 0 Å². The van der Waals surface area contributed by atoms with Crippen molar-refractivity contribution < 1.29 is 0 Å². The molecule has 3 rings (SSSR count). The number of nitrogens with one attached hydrogen (secondary N) is 2. The van der Waals surface area contributed by atoms with Crippen molar-refractivity contribution in [1.29, 1.82) is 0 Å². The molecular weight excluding hydrogens is 308 g/mol. The average Bonchev–Trinajstić information content (AvgIpc) is 2.95. The van der Waals surface area contributed by atoms with Crippen LogP contribution in [0.2, 0.25) is 0 Å². The first-order valence-electron chi connectivity index (χ1n) is 6.79. The van der Waals surface area contributed by atoms with Gasteiger partial charge in [-0.15, -0.1) is 11.3 Å². The first-order valence-corrected chi connectivity index (χ1v) is 9.87. The molecule has 2 aromatic heterocycles. The fourth-order valence-corrected chi connectivity index (χ4v) is 5.47. The molecule has 1 unspecified atom stereocenters. The van der Waals surface area contributed by atoms with E-state index < -0.39 is 0 Å². The highest BCUT2D eigenvalue weighted by atomic mass is 32.2. The van der Waals surface area contributed by atoms with Crippen molar-refractivity contribution in [3.05, 3.63) is 11.4 Å². The largest absolute Gasteiger partial charge is 0.368 e. The Labute approximate surface area is 131 Å². The molecule has 0 aliphatic carbocycles. The van der Waals surface area contributed by atoms with Crippen LogP contribution >= 0.6 is 34.9 Å². The normalized spacial score (nSPS) is 19.1. The van der Waals surface area contributed by atoms with E-state index in [1.54, 1.807) is 11.3 Å². The summed E-state index contributed by atoms with van der Waals surface area (Å²) in [6, 6.07) is 2.10.